The zero-order valence-corrected chi connectivity index (χ0v) is 11.0. The van der Waals surface area contributed by atoms with Crippen molar-refractivity contribution in [3.05, 3.63) is 53.1 Å². The zero-order chi connectivity index (χ0) is 13.9. The van der Waals surface area contributed by atoms with E-state index in [0.29, 0.717) is 18.2 Å². The standard InChI is InChI=1S/C15H15FN4/c16-13-4-3-11(12(8-13)9-17)10-20-7-1-2-15(20)14-5-6-18-19-14/h3-6,8,15H,1-2,7,10H2,(H,18,19). The van der Waals surface area contributed by atoms with Crippen molar-refractivity contribution in [3.63, 3.8) is 0 Å². The first kappa shape index (κ1) is 12.8. The molecule has 1 atom stereocenters. The van der Waals surface area contributed by atoms with Crippen LogP contribution in [0.4, 0.5) is 4.39 Å². The van der Waals surface area contributed by atoms with Crippen LogP contribution in [-0.4, -0.2) is 21.6 Å². The summed E-state index contributed by atoms with van der Waals surface area (Å²) in [4.78, 5) is 2.31. The second kappa shape index (κ2) is 5.43. The smallest absolute Gasteiger partial charge is 0.124 e. The molecular weight excluding hydrogens is 255 g/mol. The van der Waals surface area contributed by atoms with Gasteiger partial charge in [0, 0.05) is 12.7 Å². The lowest BCUT2D eigenvalue weighted by Crippen LogP contribution is -2.23. The number of nitrogens with zero attached hydrogens (tertiary/aromatic N) is 3. The van der Waals surface area contributed by atoms with Gasteiger partial charge in [0.15, 0.2) is 0 Å². The molecule has 1 fully saturated rings. The van der Waals surface area contributed by atoms with Gasteiger partial charge in [0.05, 0.1) is 23.4 Å². The van der Waals surface area contributed by atoms with Gasteiger partial charge >= 0.3 is 0 Å². The Morgan fingerprint density at radius 1 is 1.45 bits per heavy atom. The monoisotopic (exact) mass is 270 g/mol. The number of nitriles is 1. The van der Waals surface area contributed by atoms with Crippen LogP contribution in [0.15, 0.2) is 30.5 Å². The highest BCUT2D eigenvalue weighted by molar-refractivity contribution is 5.38. The van der Waals surface area contributed by atoms with E-state index in [4.69, 9.17) is 5.26 Å². The van der Waals surface area contributed by atoms with Gasteiger partial charge in [-0.15, -0.1) is 0 Å². The molecule has 1 aliphatic heterocycles. The lowest BCUT2D eigenvalue weighted by molar-refractivity contribution is 0.244. The first-order valence-electron chi connectivity index (χ1n) is 6.70. The molecule has 3 rings (SSSR count). The molecule has 1 unspecified atom stereocenters. The third kappa shape index (κ3) is 2.43. The van der Waals surface area contributed by atoms with E-state index in [-0.39, 0.29) is 5.82 Å². The summed E-state index contributed by atoms with van der Waals surface area (Å²) in [7, 11) is 0. The molecular formula is C15H15FN4. The van der Waals surface area contributed by atoms with Crippen molar-refractivity contribution < 1.29 is 4.39 Å². The van der Waals surface area contributed by atoms with Crippen molar-refractivity contribution in [2.45, 2.75) is 25.4 Å². The highest BCUT2D eigenvalue weighted by atomic mass is 19.1. The Hall–Kier alpha value is -2.19. The summed E-state index contributed by atoms with van der Waals surface area (Å²) in [6.45, 7) is 1.64. The van der Waals surface area contributed by atoms with E-state index in [9.17, 15) is 4.39 Å². The fourth-order valence-electron chi connectivity index (χ4n) is 2.83. The molecule has 1 N–H and O–H groups in total. The molecule has 2 heterocycles. The van der Waals surface area contributed by atoms with Crippen molar-refractivity contribution in [1.29, 1.82) is 5.26 Å². The maximum absolute atomic E-state index is 13.2. The number of rotatable bonds is 3. The van der Waals surface area contributed by atoms with Gasteiger partial charge < -0.3 is 0 Å². The predicted molar refractivity (Wildman–Crippen MR) is 72.1 cm³/mol. The van der Waals surface area contributed by atoms with E-state index >= 15 is 0 Å². The molecule has 20 heavy (non-hydrogen) atoms. The van der Waals surface area contributed by atoms with Gasteiger partial charge in [-0.25, -0.2) is 4.39 Å². The number of halogens is 1. The largest absolute Gasteiger partial charge is 0.290 e. The van der Waals surface area contributed by atoms with Crippen LogP contribution in [-0.2, 0) is 6.54 Å². The fraction of sp³-hybridized carbons (Fsp3) is 0.333. The van der Waals surface area contributed by atoms with E-state index in [1.165, 1.54) is 12.1 Å². The van der Waals surface area contributed by atoms with Crippen molar-refractivity contribution in [2.75, 3.05) is 6.54 Å². The molecule has 1 aromatic carbocycles. The number of nitrogens with one attached hydrogen (secondary N) is 1. The van der Waals surface area contributed by atoms with Crippen LogP contribution in [0.1, 0.15) is 35.7 Å². The Labute approximate surface area is 116 Å². The van der Waals surface area contributed by atoms with Gasteiger partial charge in [0.1, 0.15) is 5.82 Å². The SMILES string of the molecule is N#Cc1cc(F)ccc1CN1CCCC1c1ccn[nH]1. The van der Waals surface area contributed by atoms with Crippen LogP contribution in [0.25, 0.3) is 0 Å². The van der Waals surface area contributed by atoms with E-state index in [1.54, 1.807) is 12.3 Å². The lowest BCUT2D eigenvalue weighted by atomic mass is 10.1. The van der Waals surface area contributed by atoms with Crippen LogP contribution in [0.2, 0.25) is 0 Å². The molecule has 0 aliphatic carbocycles. The molecule has 4 nitrogen and oxygen atoms in total. The summed E-state index contributed by atoms with van der Waals surface area (Å²) in [5, 5.41) is 16.1. The van der Waals surface area contributed by atoms with Gasteiger partial charge in [0.25, 0.3) is 0 Å². The Kier molecular flexibility index (Phi) is 3.48. The summed E-state index contributed by atoms with van der Waals surface area (Å²) in [6.07, 6.45) is 3.95. The summed E-state index contributed by atoms with van der Waals surface area (Å²) in [5.41, 5.74) is 2.39. The summed E-state index contributed by atoms with van der Waals surface area (Å²) in [5.74, 6) is -0.364. The Morgan fingerprint density at radius 2 is 2.35 bits per heavy atom. The second-order valence-electron chi connectivity index (χ2n) is 5.05. The van der Waals surface area contributed by atoms with Gasteiger partial charge in [-0.05, 0) is 43.1 Å². The van der Waals surface area contributed by atoms with E-state index in [0.717, 1.165) is 30.6 Å². The minimum absolute atomic E-state index is 0.300. The maximum Gasteiger partial charge on any atom is 0.124 e. The lowest BCUT2D eigenvalue weighted by Gasteiger charge is -2.23. The number of H-pyrrole nitrogens is 1. The fourth-order valence-corrected chi connectivity index (χ4v) is 2.83. The molecule has 1 aliphatic rings. The molecule has 0 bridgehead atoms. The minimum atomic E-state index is -0.364. The number of aromatic amines is 1. The van der Waals surface area contributed by atoms with Gasteiger partial charge in [-0.3, -0.25) is 10.00 Å². The number of hydrogen-bond acceptors (Lipinski definition) is 3. The van der Waals surface area contributed by atoms with E-state index < -0.39 is 0 Å². The van der Waals surface area contributed by atoms with Crippen LogP contribution in [0.3, 0.4) is 0 Å². The van der Waals surface area contributed by atoms with Crippen molar-refractivity contribution in [3.8, 4) is 6.07 Å². The summed E-state index contributed by atoms with van der Waals surface area (Å²) < 4.78 is 13.2. The van der Waals surface area contributed by atoms with Gasteiger partial charge in [0.2, 0.25) is 0 Å². The highest BCUT2D eigenvalue weighted by Gasteiger charge is 2.27. The number of hydrogen-bond donors (Lipinski definition) is 1. The molecule has 0 amide bonds. The van der Waals surface area contributed by atoms with Crippen molar-refractivity contribution in [2.24, 2.45) is 0 Å². The third-order valence-corrected chi connectivity index (χ3v) is 3.81. The Balaban J connectivity index is 1.82. The van der Waals surface area contributed by atoms with Crippen LogP contribution < -0.4 is 0 Å². The zero-order valence-electron chi connectivity index (χ0n) is 11.0. The topological polar surface area (TPSA) is 55.7 Å². The van der Waals surface area contributed by atoms with Crippen molar-refractivity contribution in [1.82, 2.24) is 15.1 Å². The van der Waals surface area contributed by atoms with Crippen LogP contribution >= 0.6 is 0 Å². The highest BCUT2D eigenvalue weighted by Crippen LogP contribution is 2.32. The Morgan fingerprint density at radius 3 is 3.10 bits per heavy atom. The molecule has 2 aromatic rings. The summed E-state index contributed by atoms with van der Waals surface area (Å²) >= 11 is 0. The Bertz CT molecular complexity index is 630. The molecule has 102 valence electrons. The van der Waals surface area contributed by atoms with Gasteiger partial charge in [-0.2, -0.15) is 10.4 Å². The van der Waals surface area contributed by atoms with E-state index in [2.05, 4.69) is 21.2 Å². The molecule has 0 radical (unpaired) electrons. The third-order valence-electron chi connectivity index (χ3n) is 3.81. The average Bonchev–Trinajstić information content (AvgIpc) is 3.11. The first-order chi connectivity index (χ1) is 9.78. The predicted octanol–water partition coefficient (Wildman–Crippen LogP) is 2.76. The first-order valence-corrected chi connectivity index (χ1v) is 6.70. The average molecular weight is 270 g/mol. The molecule has 5 heteroatoms. The van der Waals surface area contributed by atoms with Crippen molar-refractivity contribution >= 4 is 0 Å². The summed E-state index contributed by atoms with van der Waals surface area (Å²) in [6, 6.07) is 8.78. The quantitative estimate of drug-likeness (QED) is 0.933. The number of likely N-dealkylation sites (tertiary alicyclic amines) is 1. The van der Waals surface area contributed by atoms with Crippen LogP contribution in [0.5, 0.6) is 0 Å². The maximum atomic E-state index is 13.2. The van der Waals surface area contributed by atoms with Gasteiger partial charge in [-0.1, -0.05) is 6.07 Å². The minimum Gasteiger partial charge on any atom is -0.290 e. The van der Waals surface area contributed by atoms with E-state index in [1.807, 2.05) is 6.07 Å². The molecule has 1 saturated heterocycles. The molecule has 1 aromatic heterocycles. The molecule has 0 saturated carbocycles. The molecule has 0 spiro atoms. The number of aromatic nitrogens is 2. The second-order valence-corrected chi connectivity index (χ2v) is 5.05. The normalized spacial score (nSPS) is 19.1. The van der Waals surface area contributed by atoms with Crippen LogP contribution in [0, 0.1) is 17.1 Å². The number of benzene rings is 1.